The van der Waals surface area contributed by atoms with E-state index in [1.807, 2.05) is 0 Å². The molecule has 1 saturated carbocycles. The molecule has 0 atom stereocenters. The zero-order chi connectivity index (χ0) is 9.97. The summed E-state index contributed by atoms with van der Waals surface area (Å²) in [5, 5.41) is 0. The van der Waals surface area contributed by atoms with Gasteiger partial charge in [0.2, 0.25) is 0 Å². The molecule has 1 heterocycles. The summed E-state index contributed by atoms with van der Waals surface area (Å²) >= 11 is 0. The van der Waals surface area contributed by atoms with Gasteiger partial charge in [0.05, 0.1) is 18.9 Å². The number of ether oxygens (including phenoxy) is 1. The first kappa shape index (κ1) is 9.55. The minimum absolute atomic E-state index is 0.244. The Morgan fingerprint density at radius 2 is 2.29 bits per heavy atom. The van der Waals surface area contributed by atoms with Crippen LogP contribution >= 0.6 is 0 Å². The van der Waals surface area contributed by atoms with Crippen molar-refractivity contribution in [3.63, 3.8) is 0 Å². The standard InChI is InChI=1S/C10H13FN2O/c11-8-1-7(4-13-5-8)6-14-10-2-9(12)3-10/h1,4-5,9-10H,2-3,6,12H2. The molecule has 4 heteroatoms. The Morgan fingerprint density at radius 1 is 1.50 bits per heavy atom. The van der Waals surface area contributed by atoms with Crippen LogP contribution in [0.4, 0.5) is 4.39 Å². The molecule has 3 nitrogen and oxygen atoms in total. The lowest BCUT2D eigenvalue weighted by Crippen LogP contribution is -2.41. The van der Waals surface area contributed by atoms with Gasteiger partial charge in [-0.25, -0.2) is 4.39 Å². The van der Waals surface area contributed by atoms with Gasteiger partial charge in [0.1, 0.15) is 5.82 Å². The quantitative estimate of drug-likeness (QED) is 0.790. The summed E-state index contributed by atoms with van der Waals surface area (Å²) in [5.74, 6) is -0.323. The number of hydrogen-bond donors (Lipinski definition) is 1. The summed E-state index contributed by atoms with van der Waals surface area (Å²) in [5.41, 5.74) is 6.38. The zero-order valence-electron chi connectivity index (χ0n) is 7.82. The van der Waals surface area contributed by atoms with E-state index in [9.17, 15) is 4.39 Å². The molecule has 0 bridgehead atoms. The highest BCUT2D eigenvalue weighted by molar-refractivity contribution is 5.08. The Morgan fingerprint density at radius 3 is 2.93 bits per heavy atom. The lowest BCUT2D eigenvalue weighted by Gasteiger charge is -2.32. The predicted molar refractivity (Wildman–Crippen MR) is 50.0 cm³/mol. The van der Waals surface area contributed by atoms with E-state index in [-0.39, 0.29) is 18.0 Å². The number of halogens is 1. The third-order valence-electron chi connectivity index (χ3n) is 2.38. The van der Waals surface area contributed by atoms with Gasteiger partial charge in [0.25, 0.3) is 0 Å². The number of rotatable bonds is 3. The summed E-state index contributed by atoms with van der Waals surface area (Å²) in [6.45, 7) is 0.419. The minimum Gasteiger partial charge on any atom is -0.373 e. The van der Waals surface area contributed by atoms with Crippen molar-refractivity contribution in [2.24, 2.45) is 5.73 Å². The van der Waals surface area contributed by atoms with Gasteiger partial charge in [-0.15, -0.1) is 0 Å². The maximum absolute atomic E-state index is 12.7. The van der Waals surface area contributed by atoms with Crippen molar-refractivity contribution >= 4 is 0 Å². The first-order valence-corrected chi connectivity index (χ1v) is 4.70. The molecule has 14 heavy (non-hydrogen) atoms. The van der Waals surface area contributed by atoms with Crippen LogP contribution in [0.5, 0.6) is 0 Å². The first-order valence-electron chi connectivity index (χ1n) is 4.70. The summed E-state index contributed by atoms with van der Waals surface area (Å²) in [4.78, 5) is 3.74. The summed E-state index contributed by atoms with van der Waals surface area (Å²) < 4.78 is 18.2. The zero-order valence-corrected chi connectivity index (χ0v) is 7.82. The molecule has 1 aliphatic rings. The third kappa shape index (κ3) is 2.27. The summed E-state index contributed by atoms with van der Waals surface area (Å²) in [6.07, 6.45) is 4.85. The number of nitrogens with zero attached hydrogens (tertiary/aromatic N) is 1. The van der Waals surface area contributed by atoms with Crippen molar-refractivity contribution in [2.75, 3.05) is 0 Å². The highest BCUT2D eigenvalue weighted by Crippen LogP contribution is 2.22. The monoisotopic (exact) mass is 196 g/mol. The molecule has 1 aromatic heterocycles. The molecule has 76 valence electrons. The molecule has 2 rings (SSSR count). The SMILES string of the molecule is NC1CC(OCc2cncc(F)c2)C1. The van der Waals surface area contributed by atoms with Gasteiger partial charge >= 0.3 is 0 Å². The van der Waals surface area contributed by atoms with Crippen LogP contribution < -0.4 is 5.73 Å². The Bertz CT molecular complexity index is 313. The van der Waals surface area contributed by atoms with Gasteiger partial charge in [0, 0.05) is 12.2 Å². The number of hydrogen-bond acceptors (Lipinski definition) is 3. The van der Waals surface area contributed by atoms with E-state index in [0.29, 0.717) is 6.61 Å². The maximum Gasteiger partial charge on any atom is 0.141 e. The van der Waals surface area contributed by atoms with Crippen molar-refractivity contribution in [1.82, 2.24) is 4.98 Å². The van der Waals surface area contributed by atoms with Gasteiger partial charge in [-0.3, -0.25) is 4.98 Å². The van der Waals surface area contributed by atoms with Gasteiger partial charge in [0.15, 0.2) is 0 Å². The number of aromatic nitrogens is 1. The van der Waals surface area contributed by atoms with Crippen molar-refractivity contribution in [3.05, 3.63) is 29.8 Å². The summed E-state index contributed by atoms with van der Waals surface area (Å²) in [6, 6.07) is 1.72. The van der Waals surface area contributed by atoms with Crippen molar-refractivity contribution in [1.29, 1.82) is 0 Å². The Hall–Kier alpha value is -1.00. The maximum atomic E-state index is 12.7. The van der Waals surface area contributed by atoms with Gasteiger partial charge in [-0.05, 0) is 24.5 Å². The lowest BCUT2D eigenvalue weighted by atomic mass is 9.90. The molecule has 1 fully saturated rings. The van der Waals surface area contributed by atoms with Crippen LogP contribution in [0.2, 0.25) is 0 Å². The van der Waals surface area contributed by atoms with Gasteiger partial charge in [-0.1, -0.05) is 0 Å². The van der Waals surface area contributed by atoms with E-state index in [1.54, 1.807) is 6.20 Å². The summed E-state index contributed by atoms with van der Waals surface area (Å²) in [7, 11) is 0. The molecule has 0 amide bonds. The first-order chi connectivity index (χ1) is 6.74. The van der Waals surface area contributed by atoms with E-state index in [1.165, 1.54) is 12.3 Å². The van der Waals surface area contributed by atoms with Crippen molar-refractivity contribution in [2.45, 2.75) is 31.6 Å². The van der Waals surface area contributed by atoms with Crippen LogP contribution in [0.3, 0.4) is 0 Å². The Kier molecular flexibility index (Phi) is 2.74. The molecule has 0 saturated heterocycles. The average Bonchev–Trinajstić information content (AvgIpc) is 2.11. The number of pyridine rings is 1. The van der Waals surface area contributed by atoms with Crippen LogP contribution in [0.25, 0.3) is 0 Å². The second-order valence-electron chi connectivity index (χ2n) is 3.68. The molecular formula is C10H13FN2O. The Labute approximate surface area is 82.1 Å². The average molecular weight is 196 g/mol. The van der Waals surface area contributed by atoms with E-state index in [2.05, 4.69) is 4.98 Å². The lowest BCUT2D eigenvalue weighted by molar-refractivity contribution is -0.0190. The van der Waals surface area contributed by atoms with Crippen molar-refractivity contribution in [3.8, 4) is 0 Å². The van der Waals surface area contributed by atoms with Crippen molar-refractivity contribution < 1.29 is 9.13 Å². The molecular weight excluding hydrogens is 183 g/mol. The second-order valence-corrected chi connectivity index (χ2v) is 3.68. The van der Waals surface area contributed by atoms with Crippen LogP contribution in [-0.2, 0) is 11.3 Å². The highest BCUT2D eigenvalue weighted by atomic mass is 19.1. The molecule has 0 unspecified atom stereocenters. The molecule has 0 aliphatic heterocycles. The van der Waals surface area contributed by atoms with E-state index in [0.717, 1.165) is 18.4 Å². The highest BCUT2D eigenvalue weighted by Gasteiger charge is 2.26. The fourth-order valence-corrected chi connectivity index (χ4v) is 1.49. The topological polar surface area (TPSA) is 48.1 Å². The van der Waals surface area contributed by atoms with Crippen LogP contribution in [0.1, 0.15) is 18.4 Å². The Balaban J connectivity index is 1.80. The molecule has 1 aromatic rings. The van der Waals surface area contributed by atoms with E-state index >= 15 is 0 Å². The fourth-order valence-electron chi connectivity index (χ4n) is 1.49. The smallest absolute Gasteiger partial charge is 0.141 e. The molecule has 0 spiro atoms. The number of nitrogens with two attached hydrogens (primary N) is 1. The molecule has 0 aromatic carbocycles. The normalized spacial score (nSPS) is 25.9. The minimum atomic E-state index is -0.323. The van der Waals surface area contributed by atoms with Crippen LogP contribution in [-0.4, -0.2) is 17.1 Å². The van der Waals surface area contributed by atoms with E-state index < -0.39 is 0 Å². The largest absolute Gasteiger partial charge is 0.373 e. The molecule has 0 radical (unpaired) electrons. The van der Waals surface area contributed by atoms with Gasteiger partial charge in [-0.2, -0.15) is 0 Å². The fraction of sp³-hybridized carbons (Fsp3) is 0.500. The predicted octanol–water partition coefficient (Wildman–Crippen LogP) is 1.23. The van der Waals surface area contributed by atoms with E-state index in [4.69, 9.17) is 10.5 Å². The van der Waals surface area contributed by atoms with Crippen LogP contribution in [0, 0.1) is 5.82 Å². The molecule has 2 N–H and O–H groups in total. The van der Waals surface area contributed by atoms with Gasteiger partial charge < -0.3 is 10.5 Å². The van der Waals surface area contributed by atoms with Crippen LogP contribution in [0.15, 0.2) is 18.5 Å². The molecule has 1 aliphatic carbocycles. The second kappa shape index (κ2) is 4.02. The third-order valence-corrected chi connectivity index (χ3v) is 2.38.